The Hall–Kier alpha value is -1.22. The quantitative estimate of drug-likeness (QED) is 0.788. The molecular formula is C14H19FO2. The lowest BCUT2D eigenvalue weighted by Crippen LogP contribution is -2.36. The molecule has 0 bridgehead atoms. The van der Waals surface area contributed by atoms with Gasteiger partial charge in [0.2, 0.25) is 0 Å². The molecule has 0 aromatic heterocycles. The van der Waals surface area contributed by atoms with Gasteiger partial charge in [0, 0.05) is 13.0 Å². The molecule has 3 heteroatoms. The number of halogens is 1. The molecule has 0 radical (unpaired) electrons. The number of Topliss-reactive ketones (excluding diaryl/α,β-unsaturated/α-hetero) is 1. The van der Waals surface area contributed by atoms with Gasteiger partial charge in [-0.25, -0.2) is 4.39 Å². The largest absolute Gasteiger partial charge is 0.368 e. The van der Waals surface area contributed by atoms with Crippen molar-refractivity contribution in [3.8, 4) is 0 Å². The van der Waals surface area contributed by atoms with Crippen molar-refractivity contribution in [2.24, 2.45) is 0 Å². The standard InChI is InChI=1S/C14H19FO2/c1-5-17-14(3,4)13(16)9-11-6-7-12(15)8-10(11)2/h6-8H,5,9H2,1-4H3. The number of ether oxygens (including phenoxy) is 1. The zero-order valence-corrected chi connectivity index (χ0v) is 10.8. The van der Waals surface area contributed by atoms with E-state index in [9.17, 15) is 9.18 Å². The van der Waals surface area contributed by atoms with Crippen molar-refractivity contribution in [3.63, 3.8) is 0 Å². The van der Waals surface area contributed by atoms with Gasteiger partial charge in [-0.1, -0.05) is 6.07 Å². The molecule has 0 unspecified atom stereocenters. The first kappa shape index (κ1) is 13.8. The SMILES string of the molecule is CCOC(C)(C)C(=O)Cc1ccc(F)cc1C. The number of hydrogen-bond donors (Lipinski definition) is 0. The minimum absolute atomic E-state index is 0.00839. The molecule has 0 N–H and O–H groups in total. The number of carbonyl (C=O) groups excluding carboxylic acids is 1. The third-order valence-electron chi connectivity index (χ3n) is 2.83. The Morgan fingerprint density at radius 2 is 2.06 bits per heavy atom. The molecule has 0 fully saturated rings. The summed E-state index contributed by atoms with van der Waals surface area (Å²) < 4.78 is 18.3. The molecule has 1 aromatic carbocycles. The van der Waals surface area contributed by atoms with E-state index in [1.165, 1.54) is 12.1 Å². The zero-order valence-electron chi connectivity index (χ0n) is 10.8. The van der Waals surface area contributed by atoms with Crippen molar-refractivity contribution in [2.75, 3.05) is 6.61 Å². The fraction of sp³-hybridized carbons (Fsp3) is 0.500. The molecule has 1 rings (SSSR count). The van der Waals surface area contributed by atoms with E-state index in [4.69, 9.17) is 4.74 Å². The summed E-state index contributed by atoms with van der Waals surface area (Å²) in [6, 6.07) is 4.48. The molecule has 0 aliphatic rings. The molecule has 0 amide bonds. The van der Waals surface area contributed by atoms with Gasteiger partial charge in [-0.05, 0) is 51.0 Å². The van der Waals surface area contributed by atoms with Crippen LogP contribution in [0.4, 0.5) is 4.39 Å². The van der Waals surface area contributed by atoms with Crippen LogP contribution in [0.3, 0.4) is 0 Å². The van der Waals surface area contributed by atoms with Crippen molar-refractivity contribution >= 4 is 5.78 Å². The molecule has 0 saturated heterocycles. The molecule has 17 heavy (non-hydrogen) atoms. The van der Waals surface area contributed by atoms with Crippen LogP contribution in [0.25, 0.3) is 0 Å². The maximum absolute atomic E-state index is 12.9. The highest BCUT2D eigenvalue weighted by molar-refractivity contribution is 5.88. The number of aryl methyl sites for hydroxylation is 1. The molecule has 0 heterocycles. The minimum atomic E-state index is -0.782. The van der Waals surface area contributed by atoms with Gasteiger partial charge in [-0.3, -0.25) is 4.79 Å². The van der Waals surface area contributed by atoms with Crippen LogP contribution >= 0.6 is 0 Å². The molecular weight excluding hydrogens is 219 g/mol. The lowest BCUT2D eigenvalue weighted by atomic mass is 9.94. The monoisotopic (exact) mass is 238 g/mol. The summed E-state index contributed by atoms with van der Waals surface area (Å²) in [4.78, 5) is 12.0. The molecule has 94 valence electrons. The van der Waals surface area contributed by atoms with E-state index in [1.807, 2.05) is 6.92 Å². The van der Waals surface area contributed by atoms with Crippen LogP contribution in [0.5, 0.6) is 0 Å². The lowest BCUT2D eigenvalue weighted by molar-refractivity contribution is -0.139. The summed E-state index contributed by atoms with van der Waals surface area (Å²) in [7, 11) is 0. The molecule has 0 aliphatic carbocycles. The van der Waals surface area contributed by atoms with Gasteiger partial charge in [0.1, 0.15) is 11.4 Å². The van der Waals surface area contributed by atoms with Crippen LogP contribution in [-0.2, 0) is 16.0 Å². The summed E-state index contributed by atoms with van der Waals surface area (Å²) in [5.74, 6) is -0.267. The third-order valence-corrected chi connectivity index (χ3v) is 2.83. The summed E-state index contributed by atoms with van der Waals surface area (Å²) >= 11 is 0. The van der Waals surface area contributed by atoms with Crippen LogP contribution in [0.1, 0.15) is 31.9 Å². The van der Waals surface area contributed by atoms with Gasteiger partial charge in [0.15, 0.2) is 5.78 Å². The predicted octanol–water partition coefficient (Wildman–Crippen LogP) is 3.06. The first-order valence-electron chi connectivity index (χ1n) is 5.79. The zero-order chi connectivity index (χ0) is 13.1. The number of ketones is 1. The first-order chi connectivity index (χ1) is 7.86. The van der Waals surface area contributed by atoms with E-state index in [1.54, 1.807) is 26.8 Å². The van der Waals surface area contributed by atoms with Gasteiger partial charge < -0.3 is 4.74 Å². The molecule has 2 nitrogen and oxygen atoms in total. The normalized spacial score (nSPS) is 11.6. The van der Waals surface area contributed by atoms with Crippen LogP contribution in [0, 0.1) is 12.7 Å². The Labute approximate surface area is 102 Å². The lowest BCUT2D eigenvalue weighted by Gasteiger charge is -2.23. The van der Waals surface area contributed by atoms with Crippen molar-refractivity contribution in [1.29, 1.82) is 0 Å². The highest BCUT2D eigenvalue weighted by Gasteiger charge is 2.27. The van der Waals surface area contributed by atoms with Gasteiger partial charge >= 0.3 is 0 Å². The maximum atomic E-state index is 12.9. The van der Waals surface area contributed by atoms with Crippen molar-refractivity contribution < 1.29 is 13.9 Å². The highest BCUT2D eigenvalue weighted by Crippen LogP contribution is 2.17. The van der Waals surface area contributed by atoms with Crippen LogP contribution < -0.4 is 0 Å². The van der Waals surface area contributed by atoms with Crippen LogP contribution in [0.2, 0.25) is 0 Å². The molecule has 0 atom stereocenters. The Balaban J connectivity index is 2.81. The molecule has 0 spiro atoms. The highest BCUT2D eigenvalue weighted by atomic mass is 19.1. The number of carbonyl (C=O) groups is 1. The van der Waals surface area contributed by atoms with Gasteiger partial charge in [0.25, 0.3) is 0 Å². The maximum Gasteiger partial charge on any atom is 0.168 e. The fourth-order valence-corrected chi connectivity index (χ4v) is 1.68. The average molecular weight is 238 g/mol. The van der Waals surface area contributed by atoms with E-state index < -0.39 is 5.60 Å². The third kappa shape index (κ3) is 3.63. The first-order valence-corrected chi connectivity index (χ1v) is 5.79. The second-order valence-corrected chi connectivity index (χ2v) is 4.61. The molecule has 0 saturated carbocycles. The Morgan fingerprint density at radius 1 is 1.41 bits per heavy atom. The Kier molecular flexibility index (Phi) is 4.40. The predicted molar refractivity (Wildman–Crippen MR) is 65.6 cm³/mol. The van der Waals surface area contributed by atoms with E-state index in [0.29, 0.717) is 6.61 Å². The van der Waals surface area contributed by atoms with Crippen molar-refractivity contribution in [2.45, 2.75) is 39.7 Å². The van der Waals surface area contributed by atoms with Gasteiger partial charge in [-0.2, -0.15) is 0 Å². The van der Waals surface area contributed by atoms with Crippen LogP contribution in [-0.4, -0.2) is 18.0 Å². The topological polar surface area (TPSA) is 26.3 Å². The molecule has 1 aromatic rings. The minimum Gasteiger partial charge on any atom is -0.368 e. The van der Waals surface area contributed by atoms with Gasteiger partial charge in [-0.15, -0.1) is 0 Å². The number of hydrogen-bond acceptors (Lipinski definition) is 2. The second-order valence-electron chi connectivity index (χ2n) is 4.61. The summed E-state index contributed by atoms with van der Waals surface area (Å²) in [5.41, 5.74) is 0.866. The molecule has 0 aliphatic heterocycles. The summed E-state index contributed by atoms with van der Waals surface area (Å²) in [5, 5.41) is 0. The number of rotatable bonds is 5. The van der Waals surface area contributed by atoms with Gasteiger partial charge in [0.05, 0.1) is 0 Å². The van der Waals surface area contributed by atoms with E-state index in [0.717, 1.165) is 11.1 Å². The summed E-state index contributed by atoms with van der Waals surface area (Å²) in [6.07, 6.45) is 0.277. The van der Waals surface area contributed by atoms with Crippen LogP contribution in [0.15, 0.2) is 18.2 Å². The Morgan fingerprint density at radius 3 is 2.59 bits per heavy atom. The second kappa shape index (κ2) is 5.41. The van der Waals surface area contributed by atoms with Crippen molar-refractivity contribution in [3.05, 3.63) is 35.1 Å². The average Bonchev–Trinajstić information content (AvgIpc) is 2.22. The fourth-order valence-electron chi connectivity index (χ4n) is 1.68. The van der Waals surface area contributed by atoms with Crippen molar-refractivity contribution in [1.82, 2.24) is 0 Å². The Bertz CT molecular complexity index is 411. The van der Waals surface area contributed by atoms with E-state index in [2.05, 4.69) is 0 Å². The smallest absolute Gasteiger partial charge is 0.168 e. The number of benzene rings is 1. The summed E-state index contributed by atoms with van der Waals surface area (Å²) in [6.45, 7) is 7.69. The van der Waals surface area contributed by atoms with E-state index in [-0.39, 0.29) is 18.0 Å². The van der Waals surface area contributed by atoms with E-state index >= 15 is 0 Å².